The van der Waals surface area contributed by atoms with E-state index in [4.69, 9.17) is 11.6 Å². The fourth-order valence-electron chi connectivity index (χ4n) is 1.26. The summed E-state index contributed by atoms with van der Waals surface area (Å²) in [5.41, 5.74) is 0. The second-order valence-electron chi connectivity index (χ2n) is 3.06. The first-order valence-corrected chi connectivity index (χ1v) is 5.43. The smallest absolute Gasteiger partial charge is 0.231 e. The van der Waals surface area contributed by atoms with Crippen molar-refractivity contribution in [2.24, 2.45) is 0 Å². The Bertz CT molecular complexity index is 317. The SMILES string of the molecule is CCCN(CC)c1nc(Cl)nc(NC)n1. The number of aromatic nitrogens is 3. The molecular weight excluding hydrogens is 214 g/mol. The summed E-state index contributed by atoms with van der Waals surface area (Å²) in [5.74, 6) is 1.13. The van der Waals surface area contributed by atoms with Crippen LogP contribution in [-0.4, -0.2) is 35.1 Å². The average Bonchev–Trinajstić information content (AvgIpc) is 2.24. The molecule has 0 radical (unpaired) electrons. The minimum Gasteiger partial charge on any atom is -0.357 e. The minimum absolute atomic E-state index is 0.221. The van der Waals surface area contributed by atoms with Gasteiger partial charge in [0, 0.05) is 20.1 Å². The van der Waals surface area contributed by atoms with Crippen LogP contribution in [0.3, 0.4) is 0 Å². The van der Waals surface area contributed by atoms with E-state index in [1.807, 2.05) is 0 Å². The van der Waals surface area contributed by atoms with Crippen molar-refractivity contribution < 1.29 is 0 Å². The Kier molecular flexibility index (Phi) is 4.55. The Balaban J connectivity index is 2.95. The molecule has 0 aliphatic heterocycles. The molecule has 0 spiro atoms. The van der Waals surface area contributed by atoms with Crippen LogP contribution < -0.4 is 10.2 Å². The standard InChI is InChI=1S/C9H16ClN5/c1-4-6-15(5-2)9-13-7(10)12-8(11-3)14-9/h4-6H2,1-3H3,(H,11,12,13,14). The predicted molar refractivity (Wildman–Crippen MR) is 62.6 cm³/mol. The van der Waals surface area contributed by atoms with Gasteiger partial charge < -0.3 is 10.2 Å². The number of hydrogen-bond acceptors (Lipinski definition) is 5. The van der Waals surface area contributed by atoms with Crippen LogP contribution in [-0.2, 0) is 0 Å². The molecule has 6 heteroatoms. The van der Waals surface area contributed by atoms with Crippen LogP contribution in [0.1, 0.15) is 20.3 Å². The van der Waals surface area contributed by atoms with Gasteiger partial charge in [-0.3, -0.25) is 0 Å². The Morgan fingerprint density at radius 3 is 2.53 bits per heavy atom. The molecule has 1 aromatic heterocycles. The van der Waals surface area contributed by atoms with Gasteiger partial charge in [0.25, 0.3) is 0 Å². The Morgan fingerprint density at radius 2 is 2.00 bits per heavy atom. The van der Waals surface area contributed by atoms with Crippen LogP contribution in [0.2, 0.25) is 5.28 Å². The van der Waals surface area contributed by atoms with Gasteiger partial charge in [0.2, 0.25) is 17.2 Å². The van der Waals surface area contributed by atoms with Crippen molar-refractivity contribution in [3.63, 3.8) is 0 Å². The van der Waals surface area contributed by atoms with Crippen molar-refractivity contribution in [1.82, 2.24) is 15.0 Å². The molecule has 0 saturated carbocycles. The third kappa shape index (κ3) is 3.20. The van der Waals surface area contributed by atoms with Gasteiger partial charge in [0.15, 0.2) is 0 Å². The monoisotopic (exact) mass is 229 g/mol. The fraction of sp³-hybridized carbons (Fsp3) is 0.667. The summed E-state index contributed by atoms with van der Waals surface area (Å²) in [4.78, 5) is 14.3. The van der Waals surface area contributed by atoms with E-state index < -0.39 is 0 Å². The van der Waals surface area contributed by atoms with Gasteiger partial charge in [0.1, 0.15) is 0 Å². The summed E-state index contributed by atoms with van der Waals surface area (Å²) in [6, 6.07) is 0. The van der Waals surface area contributed by atoms with Crippen LogP contribution >= 0.6 is 11.6 Å². The Labute approximate surface area is 94.9 Å². The highest BCUT2D eigenvalue weighted by Gasteiger charge is 2.09. The highest BCUT2D eigenvalue weighted by atomic mass is 35.5. The molecule has 0 aliphatic carbocycles. The van der Waals surface area contributed by atoms with Crippen molar-refractivity contribution in [3.05, 3.63) is 5.28 Å². The van der Waals surface area contributed by atoms with Gasteiger partial charge >= 0.3 is 0 Å². The maximum absolute atomic E-state index is 5.80. The summed E-state index contributed by atoms with van der Waals surface area (Å²) in [6.07, 6.45) is 1.05. The lowest BCUT2D eigenvalue weighted by Gasteiger charge is -2.19. The van der Waals surface area contributed by atoms with E-state index in [1.165, 1.54) is 0 Å². The normalized spacial score (nSPS) is 10.1. The molecule has 0 bridgehead atoms. The van der Waals surface area contributed by atoms with Gasteiger partial charge in [-0.2, -0.15) is 15.0 Å². The lowest BCUT2D eigenvalue weighted by molar-refractivity contribution is 0.758. The number of hydrogen-bond donors (Lipinski definition) is 1. The van der Waals surface area contributed by atoms with E-state index in [0.29, 0.717) is 11.9 Å². The maximum atomic E-state index is 5.80. The lowest BCUT2D eigenvalue weighted by atomic mass is 10.4. The van der Waals surface area contributed by atoms with Crippen LogP contribution in [0.5, 0.6) is 0 Å². The van der Waals surface area contributed by atoms with Crippen molar-refractivity contribution >= 4 is 23.5 Å². The zero-order valence-electron chi connectivity index (χ0n) is 9.29. The molecule has 84 valence electrons. The van der Waals surface area contributed by atoms with E-state index in [1.54, 1.807) is 7.05 Å². The Hall–Kier alpha value is -1.10. The van der Waals surface area contributed by atoms with Crippen molar-refractivity contribution in [1.29, 1.82) is 0 Å². The Morgan fingerprint density at radius 1 is 1.27 bits per heavy atom. The van der Waals surface area contributed by atoms with Gasteiger partial charge in [-0.1, -0.05) is 6.92 Å². The molecule has 0 unspecified atom stereocenters. The topological polar surface area (TPSA) is 53.9 Å². The first kappa shape index (κ1) is 12.0. The second-order valence-corrected chi connectivity index (χ2v) is 3.40. The zero-order chi connectivity index (χ0) is 11.3. The van der Waals surface area contributed by atoms with Gasteiger partial charge in [-0.15, -0.1) is 0 Å². The highest BCUT2D eigenvalue weighted by molar-refractivity contribution is 6.28. The van der Waals surface area contributed by atoms with Crippen molar-refractivity contribution in [3.8, 4) is 0 Å². The molecule has 0 atom stereocenters. The second kappa shape index (κ2) is 5.70. The van der Waals surface area contributed by atoms with E-state index >= 15 is 0 Å². The fourth-order valence-corrected chi connectivity index (χ4v) is 1.42. The quantitative estimate of drug-likeness (QED) is 0.835. The molecular formula is C9H16ClN5. The molecule has 0 aromatic carbocycles. The molecule has 15 heavy (non-hydrogen) atoms. The molecule has 1 aromatic rings. The van der Waals surface area contributed by atoms with Crippen molar-refractivity contribution in [2.45, 2.75) is 20.3 Å². The van der Waals surface area contributed by atoms with Gasteiger partial charge in [-0.05, 0) is 24.9 Å². The maximum Gasteiger partial charge on any atom is 0.231 e. The summed E-state index contributed by atoms with van der Waals surface area (Å²) < 4.78 is 0. The van der Waals surface area contributed by atoms with Gasteiger partial charge in [-0.25, -0.2) is 0 Å². The van der Waals surface area contributed by atoms with Crippen LogP contribution in [0.25, 0.3) is 0 Å². The third-order valence-electron chi connectivity index (χ3n) is 1.98. The zero-order valence-corrected chi connectivity index (χ0v) is 10.0. The number of rotatable bonds is 5. The first-order chi connectivity index (χ1) is 7.21. The number of nitrogens with zero attached hydrogens (tertiary/aromatic N) is 4. The van der Waals surface area contributed by atoms with Crippen LogP contribution in [0, 0.1) is 0 Å². The van der Waals surface area contributed by atoms with Crippen LogP contribution in [0.4, 0.5) is 11.9 Å². The largest absolute Gasteiger partial charge is 0.357 e. The molecule has 1 N–H and O–H groups in total. The van der Waals surface area contributed by atoms with E-state index in [-0.39, 0.29) is 5.28 Å². The van der Waals surface area contributed by atoms with Crippen LogP contribution in [0.15, 0.2) is 0 Å². The lowest BCUT2D eigenvalue weighted by Crippen LogP contribution is -2.26. The molecule has 0 fully saturated rings. The number of anilines is 2. The average molecular weight is 230 g/mol. The summed E-state index contributed by atoms with van der Waals surface area (Å²) in [7, 11) is 1.76. The highest BCUT2D eigenvalue weighted by Crippen LogP contribution is 2.13. The summed E-state index contributed by atoms with van der Waals surface area (Å²) >= 11 is 5.80. The van der Waals surface area contributed by atoms with E-state index in [0.717, 1.165) is 19.5 Å². The van der Waals surface area contributed by atoms with Crippen molar-refractivity contribution in [2.75, 3.05) is 30.4 Å². The number of nitrogens with one attached hydrogen (secondary N) is 1. The minimum atomic E-state index is 0.221. The predicted octanol–water partition coefficient (Wildman–Crippen LogP) is 1.80. The number of halogens is 1. The summed E-state index contributed by atoms with van der Waals surface area (Å²) in [5, 5.41) is 3.08. The molecule has 0 amide bonds. The molecule has 1 heterocycles. The van der Waals surface area contributed by atoms with Gasteiger partial charge in [0.05, 0.1) is 0 Å². The first-order valence-electron chi connectivity index (χ1n) is 5.05. The molecule has 5 nitrogen and oxygen atoms in total. The molecule has 0 saturated heterocycles. The molecule has 1 rings (SSSR count). The third-order valence-corrected chi connectivity index (χ3v) is 2.15. The summed E-state index contributed by atoms with van der Waals surface area (Å²) in [6.45, 7) is 5.95. The molecule has 0 aliphatic rings. The van der Waals surface area contributed by atoms with E-state index in [2.05, 4.69) is 39.0 Å². The van der Waals surface area contributed by atoms with E-state index in [9.17, 15) is 0 Å².